The van der Waals surface area contributed by atoms with Crippen molar-refractivity contribution in [1.82, 2.24) is 20.9 Å². The molecule has 0 saturated carbocycles. The van der Waals surface area contributed by atoms with Gasteiger partial charge >= 0.3 is 5.97 Å². The van der Waals surface area contributed by atoms with Crippen LogP contribution >= 0.6 is 0 Å². The summed E-state index contributed by atoms with van der Waals surface area (Å²) in [6.07, 6.45) is 2.23. The van der Waals surface area contributed by atoms with Gasteiger partial charge in [-0.05, 0) is 48.1 Å². The minimum Gasteiger partial charge on any atom is -0.508 e. The van der Waals surface area contributed by atoms with Crippen LogP contribution in [0.3, 0.4) is 0 Å². The van der Waals surface area contributed by atoms with Crippen molar-refractivity contribution in [3.05, 3.63) is 65.9 Å². The number of benzene rings is 2. The van der Waals surface area contributed by atoms with Crippen LogP contribution in [0.2, 0.25) is 0 Å². The van der Waals surface area contributed by atoms with Crippen molar-refractivity contribution in [3.8, 4) is 5.75 Å². The molecule has 12 heteroatoms. The Kier molecular flexibility index (Phi) is 10.8. The van der Waals surface area contributed by atoms with E-state index in [0.29, 0.717) is 5.56 Å². The summed E-state index contributed by atoms with van der Waals surface area (Å²) in [5.74, 6) is -3.47. The number of aromatic amines is 1. The van der Waals surface area contributed by atoms with Gasteiger partial charge in [0, 0.05) is 23.5 Å². The number of rotatable bonds is 14. The number of aliphatic carboxylic acids is 1. The fraction of sp³-hybridized carbons (Fsp3) is 0.379. The molecule has 2 aromatic carbocycles. The average molecular weight is 568 g/mol. The number of carbonyl (C=O) groups is 4. The molecule has 3 rings (SSSR count). The lowest BCUT2D eigenvalue weighted by molar-refractivity contribution is -0.143. The van der Waals surface area contributed by atoms with Crippen LogP contribution in [0.25, 0.3) is 10.9 Å². The van der Waals surface area contributed by atoms with Crippen molar-refractivity contribution in [2.24, 2.45) is 11.7 Å². The number of carboxylic acid groups (broad SMARTS) is 1. The topological polar surface area (TPSA) is 207 Å². The molecule has 3 aromatic rings. The fourth-order valence-corrected chi connectivity index (χ4v) is 4.42. The molecule has 12 nitrogen and oxygen atoms in total. The number of phenols is 1. The SMILES string of the molecule is CC(C)CC(NC(=O)C(N)Cc1c[nH]c2ccccc12)C(=O)NC(Cc1ccc(O)cc1)C(=O)NC(CO)C(=O)O. The number of aliphatic hydroxyl groups excluding tert-OH is 1. The summed E-state index contributed by atoms with van der Waals surface area (Å²) in [6.45, 7) is 2.90. The Bertz CT molecular complexity index is 1360. The van der Waals surface area contributed by atoms with E-state index in [1.165, 1.54) is 12.1 Å². The first-order chi connectivity index (χ1) is 19.5. The molecule has 0 aliphatic heterocycles. The summed E-state index contributed by atoms with van der Waals surface area (Å²) in [4.78, 5) is 54.0. The molecule has 1 heterocycles. The lowest BCUT2D eigenvalue weighted by Crippen LogP contribution is -2.58. The molecule has 1 aromatic heterocycles. The summed E-state index contributed by atoms with van der Waals surface area (Å²) in [5.41, 5.74) is 8.56. The molecule has 4 atom stereocenters. The molecule has 0 bridgehead atoms. The van der Waals surface area contributed by atoms with Gasteiger partial charge in [-0.1, -0.05) is 44.2 Å². The number of carboxylic acids is 1. The number of aromatic nitrogens is 1. The van der Waals surface area contributed by atoms with E-state index in [0.717, 1.165) is 16.5 Å². The normalized spacial score (nSPS) is 14.2. The number of nitrogens with two attached hydrogens (primary N) is 1. The van der Waals surface area contributed by atoms with Crippen molar-refractivity contribution in [2.45, 2.75) is 57.3 Å². The maximum Gasteiger partial charge on any atom is 0.328 e. The highest BCUT2D eigenvalue weighted by Crippen LogP contribution is 2.19. The zero-order chi connectivity index (χ0) is 30.1. The Morgan fingerprint density at radius 3 is 2.10 bits per heavy atom. The fourth-order valence-electron chi connectivity index (χ4n) is 4.42. The third kappa shape index (κ3) is 8.78. The number of fused-ring (bicyclic) bond motifs is 1. The third-order valence-corrected chi connectivity index (χ3v) is 6.60. The predicted molar refractivity (Wildman–Crippen MR) is 152 cm³/mol. The summed E-state index contributed by atoms with van der Waals surface area (Å²) in [7, 11) is 0. The molecule has 0 saturated heterocycles. The second kappa shape index (κ2) is 14.3. The number of nitrogens with one attached hydrogen (secondary N) is 4. The number of carbonyl (C=O) groups excluding carboxylic acids is 3. The van der Waals surface area contributed by atoms with Gasteiger partial charge in [0.2, 0.25) is 17.7 Å². The van der Waals surface area contributed by atoms with Gasteiger partial charge in [0.1, 0.15) is 23.9 Å². The van der Waals surface area contributed by atoms with E-state index in [9.17, 15) is 34.5 Å². The van der Waals surface area contributed by atoms with Crippen LogP contribution in [0.1, 0.15) is 31.4 Å². The van der Waals surface area contributed by atoms with Gasteiger partial charge in [-0.3, -0.25) is 14.4 Å². The zero-order valence-corrected chi connectivity index (χ0v) is 23.0. The predicted octanol–water partition coefficient (Wildman–Crippen LogP) is 0.563. The molecule has 0 fully saturated rings. The summed E-state index contributed by atoms with van der Waals surface area (Å²) >= 11 is 0. The largest absolute Gasteiger partial charge is 0.508 e. The van der Waals surface area contributed by atoms with Crippen molar-refractivity contribution >= 4 is 34.6 Å². The van der Waals surface area contributed by atoms with Crippen LogP contribution in [0.15, 0.2) is 54.7 Å². The van der Waals surface area contributed by atoms with Gasteiger partial charge in [0.25, 0.3) is 0 Å². The highest BCUT2D eigenvalue weighted by molar-refractivity contribution is 5.94. The van der Waals surface area contributed by atoms with Crippen LogP contribution in [0, 0.1) is 5.92 Å². The summed E-state index contributed by atoms with van der Waals surface area (Å²) in [5, 5.41) is 36.7. The summed E-state index contributed by atoms with van der Waals surface area (Å²) in [6, 6.07) is 8.76. The second-order valence-corrected chi connectivity index (χ2v) is 10.4. The lowest BCUT2D eigenvalue weighted by Gasteiger charge is -2.26. The first kappa shape index (κ1) is 31.1. The van der Waals surface area contributed by atoms with E-state index >= 15 is 0 Å². The van der Waals surface area contributed by atoms with Gasteiger partial charge in [-0.25, -0.2) is 4.79 Å². The standard InChI is InChI=1S/C29H37N5O7/c1-16(2)11-23(32-26(37)21(30)13-18-14-31-22-6-4-3-5-20(18)22)27(38)33-24(12-17-7-9-19(36)10-8-17)28(39)34-25(15-35)29(40)41/h3-10,14,16,21,23-25,31,35-36H,11-13,15,30H2,1-2H3,(H,32,37)(H,33,38)(H,34,39)(H,40,41). The minimum atomic E-state index is -1.57. The molecule has 0 spiro atoms. The molecular weight excluding hydrogens is 530 g/mol. The average Bonchev–Trinajstić information content (AvgIpc) is 3.34. The first-order valence-electron chi connectivity index (χ1n) is 13.3. The number of H-pyrrole nitrogens is 1. The van der Waals surface area contributed by atoms with E-state index in [4.69, 9.17) is 5.73 Å². The van der Waals surface area contributed by atoms with Crippen LogP contribution < -0.4 is 21.7 Å². The molecule has 3 amide bonds. The third-order valence-electron chi connectivity index (χ3n) is 6.60. The Morgan fingerprint density at radius 1 is 0.854 bits per heavy atom. The van der Waals surface area contributed by atoms with Crippen LogP contribution in [0.5, 0.6) is 5.75 Å². The number of hydrogen-bond donors (Lipinski definition) is 8. The van der Waals surface area contributed by atoms with Crippen molar-refractivity contribution in [3.63, 3.8) is 0 Å². The molecule has 220 valence electrons. The molecule has 9 N–H and O–H groups in total. The minimum absolute atomic E-state index is 0.00805. The highest BCUT2D eigenvalue weighted by atomic mass is 16.4. The molecule has 0 aliphatic rings. The maximum atomic E-state index is 13.4. The first-order valence-corrected chi connectivity index (χ1v) is 13.3. The van der Waals surface area contributed by atoms with Crippen molar-refractivity contribution in [2.75, 3.05) is 6.61 Å². The van der Waals surface area contributed by atoms with E-state index in [1.54, 1.807) is 18.3 Å². The molecular formula is C29H37N5O7. The van der Waals surface area contributed by atoms with Crippen LogP contribution in [0.4, 0.5) is 0 Å². The van der Waals surface area contributed by atoms with Crippen LogP contribution in [-0.2, 0) is 32.0 Å². The van der Waals surface area contributed by atoms with Gasteiger partial charge < -0.3 is 42.0 Å². The van der Waals surface area contributed by atoms with Gasteiger partial charge in [-0.15, -0.1) is 0 Å². The van der Waals surface area contributed by atoms with E-state index in [1.807, 2.05) is 38.1 Å². The van der Waals surface area contributed by atoms with Crippen molar-refractivity contribution in [1.29, 1.82) is 0 Å². The second-order valence-electron chi connectivity index (χ2n) is 10.4. The number of para-hydroxylation sites is 1. The number of amides is 3. The molecule has 41 heavy (non-hydrogen) atoms. The smallest absolute Gasteiger partial charge is 0.328 e. The Hall–Kier alpha value is -4.42. The quantitative estimate of drug-likeness (QED) is 0.138. The Morgan fingerprint density at radius 2 is 1.46 bits per heavy atom. The van der Waals surface area contributed by atoms with E-state index < -0.39 is 54.5 Å². The number of hydrogen-bond acceptors (Lipinski definition) is 7. The number of phenolic OH excluding ortho intramolecular Hbond substituents is 1. The van der Waals surface area contributed by atoms with Gasteiger partial charge in [0.15, 0.2) is 0 Å². The Labute approximate surface area is 237 Å². The molecule has 4 unspecified atom stereocenters. The highest BCUT2D eigenvalue weighted by Gasteiger charge is 2.31. The van der Waals surface area contributed by atoms with Crippen molar-refractivity contribution < 1.29 is 34.5 Å². The van der Waals surface area contributed by atoms with Crippen LogP contribution in [-0.4, -0.2) is 74.8 Å². The maximum absolute atomic E-state index is 13.4. The van der Waals surface area contributed by atoms with E-state index in [-0.39, 0.29) is 30.9 Å². The Balaban J connectivity index is 1.75. The molecule has 0 aliphatic carbocycles. The monoisotopic (exact) mass is 567 g/mol. The van der Waals surface area contributed by atoms with E-state index in [2.05, 4.69) is 20.9 Å². The van der Waals surface area contributed by atoms with Gasteiger partial charge in [-0.2, -0.15) is 0 Å². The lowest BCUT2D eigenvalue weighted by atomic mass is 9.99. The van der Waals surface area contributed by atoms with Gasteiger partial charge in [0.05, 0.1) is 12.6 Å². The summed E-state index contributed by atoms with van der Waals surface area (Å²) < 4.78 is 0. The molecule has 0 radical (unpaired) electrons. The zero-order valence-electron chi connectivity index (χ0n) is 23.0. The number of aliphatic hydroxyl groups is 1. The number of aromatic hydroxyl groups is 1.